The van der Waals surface area contributed by atoms with Crippen molar-refractivity contribution in [2.75, 3.05) is 10.6 Å². The lowest BCUT2D eigenvalue weighted by atomic mass is 10.1. The lowest BCUT2D eigenvalue weighted by Gasteiger charge is -2.12. The summed E-state index contributed by atoms with van der Waals surface area (Å²) in [7, 11) is 0. The monoisotopic (exact) mass is 318 g/mol. The number of hydrogen-bond acceptors (Lipinski definition) is 4. The highest BCUT2D eigenvalue weighted by Crippen LogP contribution is 2.22. The zero-order chi connectivity index (χ0) is 16.9. The molecule has 0 unspecified atom stereocenters. The standard InChI is InChI=1S/C20H22N4/c1-4-16-9-5-6-11-18(16)23-20-21-15(3)13-19(24-20)22-17-10-7-8-14(2)12-17/h5-13H,4H2,1-3H3,(H2,21,22,23,24). The van der Waals surface area contributed by atoms with Crippen LogP contribution in [0.1, 0.15) is 23.7 Å². The second-order valence-corrected chi connectivity index (χ2v) is 5.85. The maximum Gasteiger partial charge on any atom is 0.229 e. The van der Waals surface area contributed by atoms with Crippen molar-refractivity contribution >= 4 is 23.1 Å². The molecule has 24 heavy (non-hydrogen) atoms. The lowest BCUT2D eigenvalue weighted by Crippen LogP contribution is -2.03. The minimum Gasteiger partial charge on any atom is -0.340 e. The molecule has 1 heterocycles. The second kappa shape index (κ2) is 7.13. The van der Waals surface area contributed by atoms with Gasteiger partial charge in [-0.15, -0.1) is 0 Å². The normalized spacial score (nSPS) is 10.5. The highest BCUT2D eigenvalue weighted by atomic mass is 15.1. The van der Waals surface area contributed by atoms with Gasteiger partial charge in [-0.25, -0.2) is 4.98 Å². The van der Waals surface area contributed by atoms with Crippen LogP contribution in [0.15, 0.2) is 54.6 Å². The fraction of sp³-hybridized carbons (Fsp3) is 0.200. The van der Waals surface area contributed by atoms with Crippen LogP contribution in [-0.4, -0.2) is 9.97 Å². The van der Waals surface area contributed by atoms with Gasteiger partial charge in [0.15, 0.2) is 0 Å². The van der Waals surface area contributed by atoms with Crippen LogP contribution in [0.5, 0.6) is 0 Å². The third kappa shape index (κ3) is 3.90. The molecule has 0 radical (unpaired) electrons. The van der Waals surface area contributed by atoms with Crippen LogP contribution in [0.25, 0.3) is 0 Å². The Labute approximate surface area is 143 Å². The van der Waals surface area contributed by atoms with E-state index in [-0.39, 0.29) is 0 Å². The Morgan fingerprint density at radius 1 is 0.875 bits per heavy atom. The van der Waals surface area contributed by atoms with E-state index < -0.39 is 0 Å². The molecule has 0 saturated carbocycles. The van der Waals surface area contributed by atoms with E-state index in [0.717, 1.165) is 29.3 Å². The molecule has 4 heteroatoms. The van der Waals surface area contributed by atoms with E-state index in [0.29, 0.717) is 5.95 Å². The summed E-state index contributed by atoms with van der Waals surface area (Å²) >= 11 is 0. The molecule has 0 bridgehead atoms. The van der Waals surface area contributed by atoms with Crippen LogP contribution in [-0.2, 0) is 6.42 Å². The first-order chi connectivity index (χ1) is 11.6. The summed E-state index contributed by atoms with van der Waals surface area (Å²) < 4.78 is 0. The highest BCUT2D eigenvalue weighted by molar-refractivity contribution is 5.62. The van der Waals surface area contributed by atoms with E-state index in [9.17, 15) is 0 Å². The molecular weight excluding hydrogens is 296 g/mol. The van der Waals surface area contributed by atoms with Crippen molar-refractivity contribution in [2.24, 2.45) is 0 Å². The fourth-order valence-corrected chi connectivity index (χ4v) is 2.63. The molecule has 0 atom stereocenters. The third-order valence-electron chi connectivity index (χ3n) is 3.79. The summed E-state index contributed by atoms with van der Waals surface area (Å²) in [5.41, 5.74) is 5.44. The zero-order valence-corrected chi connectivity index (χ0v) is 14.3. The van der Waals surface area contributed by atoms with Crippen LogP contribution in [0.3, 0.4) is 0 Å². The predicted molar refractivity (Wildman–Crippen MR) is 100 cm³/mol. The summed E-state index contributed by atoms with van der Waals surface area (Å²) in [5.74, 6) is 1.38. The largest absolute Gasteiger partial charge is 0.340 e. The first kappa shape index (κ1) is 16.0. The molecule has 0 fully saturated rings. The van der Waals surface area contributed by atoms with Gasteiger partial charge in [-0.2, -0.15) is 4.98 Å². The molecule has 2 aromatic carbocycles. The number of hydrogen-bond donors (Lipinski definition) is 2. The highest BCUT2D eigenvalue weighted by Gasteiger charge is 2.06. The van der Waals surface area contributed by atoms with Crippen molar-refractivity contribution in [3.8, 4) is 0 Å². The first-order valence-corrected chi connectivity index (χ1v) is 8.18. The van der Waals surface area contributed by atoms with Gasteiger partial charge in [0, 0.05) is 23.1 Å². The number of nitrogens with one attached hydrogen (secondary N) is 2. The maximum atomic E-state index is 4.60. The lowest BCUT2D eigenvalue weighted by molar-refractivity contribution is 1.09. The topological polar surface area (TPSA) is 49.8 Å². The maximum absolute atomic E-state index is 4.60. The molecule has 2 N–H and O–H groups in total. The molecule has 0 amide bonds. The number of aromatic nitrogens is 2. The van der Waals surface area contributed by atoms with E-state index >= 15 is 0 Å². The molecule has 0 aliphatic rings. The van der Waals surface area contributed by atoms with Gasteiger partial charge in [-0.1, -0.05) is 37.3 Å². The Kier molecular flexibility index (Phi) is 4.75. The van der Waals surface area contributed by atoms with Gasteiger partial charge in [-0.05, 0) is 49.6 Å². The smallest absolute Gasteiger partial charge is 0.229 e. The Morgan fingerprint density at radius 2 is 1.71 bits per heavy atom. The molecule has 1 aromatic heterocycles. The van der Waals surface area contributed by atoms with Crippen LogP contribution in [0, 0.1) is 13.8 Å². The average molecular weight is 318 g/mol. The predicted octanol–water partition coefficient (Wildman–Crippen LogP) is 5.14. The Morgan fingerprint density at radius 3 is 2.50 bits per heavy atom. The Balaban J connectivity index is 1.86. The van der Waals surface area contributed by atoms with Crippen molar-refractivity contribution in [2.45, 2.75) is 27.2 Å². The minimum atomic E-state index is 0.603. The molecule has 0 saturated heterocycles. The molecule has 122 valence electrons. The van der Waals surface area contributed by atoms with Gasteiger partial charge < -0.3 is 10.6 Å². The number of para-hydroxylation sites is 1. The van der Waals surface area contributed by atoms with Gasteiger partial charge >= 0.3 is 0 Å². The van der Waals surface area contributed by atoms with E-state index in [4.69, 9.17) is 0 Å². The molecule has 0 aliphatic heterocycles. The summed E-state index contributed by atoms with van der Waals surface area (Å²) in [5, 5.41) is 6.69. The van der Waals surface area contributed by atoms with E-state index in [1.165, 1.54) is 11.1 Å². The van der Waals surface area contributed by atoms with Gasteiger partial charge in [-0.3, -0.25) is 0 Å². The van der Waals surface area contributed by atoms with Crippen LogP contribution in [0.2, 0.25) is 0 Å². The third-order valence-corrected chi connectivity index (χ3v) is 3.79. The van der Waals surface area contributed by atoms with Gasteiger partial charge in [0.25, 0.3) is 0 Å². The number of nitrogens with zero attached hydrogens (tertiary/aromatic N) is 2. The van der Waals surface area contributed by atoms with Crippen LogP contribution in [0.4, 0.5) is 23.1 Å². The van der Waals surface area contributed by atoms with Crippen molar-refractivity contribution in [1.82, 2.24) is 9.97 Å². The zero-order valence-electron chi connectivity index (χ0n) is 14.3. The summed E-state index contributed by atoms with van der Waals surface area (Å²) in [6, 6.07) is 18.4. The molecule has 0 spiro atoms. The van der Waals surface area contributed by atoms with Crippen LogP contribution >= 0.6 is 0 Å². The van der Waals surface area contributed by atoms with Gasteiger partial charge in [0.1, 0.15) is 5.82 Å². The van der Waals surface area contributed by atoms with E-state index in [1.54, 1.807) is 0 Å². The van der Waals surface area contributed by atoms with E-state index in [1.807, 2.05) is 37.3 Å². The number of aryl methyl sites for hydroxylation is 3. The first-order valence-electron chi connectivity index (χ1n) is 8.18. The number of benzene rings is 2. The van der Waals surface area contributed by atoms with Crippen molar-refractivity contribution in [1.29, 1.82) is 0 Å². The molecule has 0 aliphatic carbocycles. The SMILES string of the molecule is CCc1ccccc1Nc1nc(C)cc(Nc2cccc(C)c2)n1. The van der Waals surface area contributed by atoms with Gasteiger partial charge in [0.2, 0.25) is 5.95 Å². The molecular formula is C20H22N4. The molecule has 4 nitrogen and oxygen atoms in total. The quantitative estimate of drug-likeness (QED) is 0.683. The van der Waals surface area contributed by atoms with Crippen molar-refractivity contribution in [3.05, 3.63) is 71.4 Å². The number of anilines is 4. The van der Waals surface area contributed by atoms with Crippen molar-refractivity contribution in [3.63, 3.8) is 0 Å². The Bertz CT molecular complexity index is 843. The Hall–Kier alpha value is -2.88. The number of rotatable bonds is 5. The fourth-order valence-electron chi connectivity index (χ4n) is 2.63. The average Bonchev–Trinajstić information content (AvgIpc) is 2.55. The summed E-state index contributed by atoms with van der Waals surface area (Å²) in [4.78, 5) is 9.10. The molecule has 3 rings (SSSR count). The van der Waals surface area contributed by atoms with Crippen molar-refractivity contribution < 1.29 is 0 Å². The van der Waals surface area contributed by atoms with Crippen LogP contribution < -0.4 is 10.6 Å². The van der Waals surface area contributed by atoms with E-state index in [2.05, 4.69) is 58.7 Å². The molecule has 3 aromatic rings. The summed E-state index contributed by atoms with van der Waals surface area (Å²) in [6.07, 6.45) is 0.962. The van der Waals surface area contributed by atoms with Gasteiger partial charge in [0.05, 0.1) is 0 Å². The summed E-state index contributed by atoms with van der Waals surface area (Å²) in [6.45, 7) is 6.19. The second-order valence-electron chi connectivity index (χ2n) is 5.85. The minimum absolute atomic E-state index is 0.603.